The van der Waals surface area contributed by atoms with E-state index in [9.17, 15) is 25.2 Å². The summed E-state index contributed by atoms with van der Waals surface area (Å²) in [6.07, 6.45) is 2.22. The summed E-state index contributed by atoms with van der Waals surface area (Å²) >= 11 is 0. The predicted octanol–water partition coefficient (Wildman–Crippen LogP) is 6.47. The van der Waals surface area contributed by atoms with Crippen LogP contribution in [0.4, 0.5) is 25.2 Å². The van der Waals surface area contributed by atoms with Crippen LogP contribution in [0.3, 0.4) is 0 Å². The molecule has 9 heteroatoms. The molecule has 0 aliphatic heterocycles. The Morgan fingerprint density at radius 2 is 1.36 bits per heavy atom. The van der Waals surface area contributed by atoms with Crippen LogP contribution in [-0.4, -0.2) is 4.57 Å². The summed E-state index contributed by atoms with van der Waals surface area (Å²) in [4.78, 5) is 0. The van der Waals surface area contributed by atoms with E-state index in [1.54, 1.807) is 0 Å². The van der Waals surface area contributed by atoms with E-state index in [0.29, 0.717) is 12.1 Å². The zero-order valence-corrected chi connectivity index (χ0v) is 13.5. The van der Waals surface area contributed by atoms with Crippen molar-refractivity contribution in [1.82, 2.24) is 4.57 Å². The summed E-state index contributed by atoms with van der Waals surface area (Å²) < 4.78 is 63.9. The van der Waals surface area contributed by atoms with Crippen molar-refractivity contribution in [3.63, 3.8) is 0 Å². The Morgan fingerprint density at radius 1 is 0.909 bits per heavy atom. The van der Waals surface area contributed by atoms with Crippen LogP contribution in [-0.2, 0) is 0 Å². The summed E-state index contributed by atoms with van der Waals surface area (Å²) in [5.74, 6) is 0. The average molecular weight is 348 g/mol. The molecular weight excluding hydrogens is 329 g/mol. The minimum atomic E-state index is -10.7. The molecule has 0 radical (unpaired) electrons. The van der Waals surface area contributed by atoms with Crippen molar-refractivity contribution in [2.75, 3.05) is 0 Å². The standard InChI is InChI=1S/C13H19N2.F6P/c1-10(2)14-9-15(11(3)4)13-8-6-5-7-12(13)14;1-7(2,3,4,5)6/h5-11H,1-4H3;/q+1;-1. The second kappa shape index (κ2) is 5.11. The predicted molar refractivity (Wildman–Crippen MR) is 76.5 cm³/mol. The van der Waals surface area contributed by atoms with Crippen LogP contribution >= 0.6 is 7.81 Å². The van der Waals surface area contributed by atoms with Gasteiger partial charge in [0, 0.05) is 0 Å². The van der Waals surface area contributed by atoms with Crippen LogP contribution in [0.1, 0.15) is 39.8 Å². The molecule has 2 aromatic rings. The summed E-state index contributed by atoms with van der Waals surface area (Å²) in [5, 5.41) is 0. The topological polar surface area (TPSA) is 8.81 Å². The van der Waals surface area contributed by atoms with Crippen molar-refractivity contribution in [3.8, 4) is 0 Å². The van der Waals surface area contributed by atoms with Gasteiger partial charge < -0.3 is 0 Å². The molecule has 128 valence electrons. The molecule has 0 unspecified atom stereocenters. The van der Waals surface area contributed by atoms with Crippen molar-refractivity contribution < 1.29 is 29.7 Å². The van der Waals surface area contributed by atoms with Gasteiger partial charge in [0.25, 0.3) is 0 Å². The number of benzene rings is 1. The first-order valence-electron chi connectivity index (χ1n) is 6.63. The zero-order valence-electron chi connectivity index (χ0n) is 12.7. The first kappa shape index (κ1) is 18.7. The van der Waals surface area contributed by atoms with Gasteiger partial charge >= 0.3 is 33.0 Å². The van der Waals surface area contributed by atoms with Gasteiger partial charge in [-0.1, -0.05) is 12.1 Å². The second-order valence-electron chi connectivity index (χ2n) is 5.56. The van der Waals surface area contributed by atoms with Gasteiger partial charge in [0.05, 0.1) is 12.1 Å². The summed E-state index contributed by atoms with van der Waals surface area (Å²) in [7, 11) is -10.7. The third-order valence-corrected chi connectivity index (χ3v) is 2.80. The maximum absolute atomic E-state index is 10.7. The van der Waals surface area contributed by atoms with Crippen molar-refractivity contribution in [3.05, 3.63) is 30.6 Å². The molecule has 0 amide bonds. The molecule has 0 aliphatic rings. The van der Waals surface area contributed by atoms with Crippen LogP contribution in [0.15, 0.2) is 30.6 Å². The van der Waals surface area contributed by atoms with Crippen molar-refractivity contribution in [2.45, 2.75) is 39.8 Å². The van der Waals surface area contributed by atoms with E-state index in [1.165, 1.54) is 11.0 Å². The van der Waals surface area contributed by atoms with Gasteiger partial charge in [0.2, 0.25) is 6.33 Å². The molecule has 0 bridgehead atoms. The Kier molecular flexibility index (Phi) is 4.36. The number of nitrogens with zero attached hydrogens (tertiary/aromatic N) is 2. The fourth-order valence-electron chi connectivity index (χ4n) is 1.98. The summed E-state index contributed by atoms with van der Waals surface area (Å²) in [6, 6.07) is 9.60. The molecule has 2 rings (SSSR count). The summed E-state index contributed by atoms with van der Waals surface area (Å²) in [6.45, 7) is 8.88. The Balaban J connectivity index is 0.000000295. The molecule has 0 fully saturated rings. The number of para-hydroxylation sites is 2. The average Bonchev–Trinajstić information content (AvgIpc) is 2.64. The number of rotatable bonds is 2. The maximum atomic E-state index is 9.87. The first-order valence-corrected chi connectivity index (χ1v) is 8.66. The minimum absolute atomic E-state index is 0.509. The van der Waals surface area contributed by atoms with E-state index in [2.05, 4.69) is 67.4 Å². The first-order chi connectivity index (χ1) is 9.56. The number of hydrogen-bond donors (Lipinski definition) is 0. The van der Waals surface area contributed by atoms with Gasteiger partial charge in [-0.05, 0) is 39.8 Å². The number of fused-ring (bicyclic) bond motifs is 1. The van der Waals surface area contributed by atoms with E-state index >= 15 is 0 Å². The second-order valence-corrected chi connectivity index (χ2v) is 7.48. The van der Waals surface area contributed by atoms with E-state index in [4.69, 9.17) is 0 Å². The van der Waals surface area contributed by atoms with E-state index in [0.717, 1.165) is 0 Å². The van der Waals surface area contributed by atoms with Gasteiger partial charge in [0.1, 0.15) is 0 Å². The van der Waals surface area contributed by atoms with Crippen molar-refractivity contribution in [1.29, 1.82) is 0 Å². The van der Waals surface area contributed by atoms with Gasteiger partial charge in [-0.15, -0.1) is 0 Å². The SMILES string of the molecule is CC(C)n1c[n+](C(C)C)c2ccccc21.F[P-](F)(F)(F)(F)F. The molecule has 1 aromatic carbocycles. The van der Waals surface area contributed by atoms with Crippen LogP contribution < -0.4 is 4.57 Å². The molecule has 0 N–H and O–H groups in total. The number of imidazole rings is 1. The Morgan fingerprint density at radius 3 is 1.77 bits per heavy atom. The van der Waals surface area contributed by atoms with E-state index < -0.39 is 7.81 Å². The van der Waals surface area contributed by atoms with Crippen LogP contribution in [0.5, 0.6) is 0 Å². The molecular formula is C13H19F6N2P. The third-order valence-electron chi connectivity index (χ3n) is 2.80. The van der Waals surface area contributed by atoms with Gasteiger partial charge in [-0.25, -0.2) is 9.13 Å². The van der Waals surface area contributed by atoms with Crippen molar-refractivity contribution in [2.24, 2.45) is 0 Å². The zero-order chi connectivity index (χ0) is 17.4. The molecule has 1 heterocycles. The number of aromatic nitrogens is 2. The van der Waals surface area contributed by atoms with Crippen molar-refractivity contribution >= 4 is 18.8 Å². The molecule has 0 saturated carbocycles. The monoisotopic (exact) mass is 348 g/mol. The van der Waals surface area contributed by atoms with Gasteiger partial charge in [0.15, 0.2) is 11.0 Å². The van der Waals surface area contributed by atoms with Gasteiger partial charge in [-0.3, -0.25) is 0 Å². The normalized spacial score (nSPS) is 15.5. The quantitative estimate of drug-likeness (QED) is 0.334. The van der Waals surface area contributed by atoms with E-state index in [1.807, 2.05) is 0 Å². The third kappa shape index (κ3) is 6.64. The Labute approximate surface area is 124 Å². The molecule has 0 saturated heterocycles. The Bertz CT molecular complexity index is 604. The molecule has 0 atom stereocenters. The number of halogens is 6. The fourth-order valence-corrected chi connectivity index (χ4v) is 1.98. The van der Waals surface area contributed by atoms with Gasteiger partial charge in [-0.2, -0.15) is 0 Å². The molecule has 0 aliphatic carbocycles. The summed E-state index contributed by atoms with van der Waals surface area (Å²) in [5.41, 5.74) is 2.64. The van der Waals surface area contributed by atoms with Crippen LogP contribution in [0, 0.1) is 0 Å². The Hall–Kier alpha value is -1.30. The molecule has 0 spiro atoms. The molecule has 22 heavy (non-hydrogen) atoms. The number of hydrogen-bond acceptors (Lipinski definition) is 0. The van der Waals surface area contributed by atoms with Crippen LogP contribution in [0.25, 0.3) is 11.0 Å². The fraction of sp³-hybridized carbons (Fsp3) is 0.462. The van der Waals surface area contributed by atoms with Crippen LogP contribution in [0.2, 0.25) is 0 Å². The van der Waals surface area contributed by atoms with E-state index in [-0.39, 0.29) is 0 Å². The molecule has 2 nitrogen and oxygen atoms in total. The molecule has 1 aromatic heterocycles.